The molecular formula is C15H19NO2. The number of rotatable bonds is 3. The van der Waals surface area contributed by atoms with Crippen molar-refractivity contribution in [2.45, 2.75) is 33.6 Å². The number of benzene rings is 1. The minimum absolute atomic E-state index is 0.0693. The third-order valence-electron chi connectivity index (χ3n) is 3.80. The quantitative estimate of drug-likeness (QED) is 0.832. The molecule has 2 rings (SSSR count). The molecule has 0 fully saturated rings. The Labute approximate surface area is 108 Å². The second-order valence-corrected chi connectivity index (χ2v) is 5.44. The fourth-order valence-corrected chi connectivity index (χ4v) is 2.10. The van der Waals surface area contributed by atoms with E-state index in [2.05, 4.69) is 5.32 Å². The molecule has 0 spiro atoms. The molecule has 0 saturated carbocycles. The van der Waals surface area contributed by atoms with Gasteiger partial charge in [0, 0.05) is 23.1 Å². The average Bonchev–Trinajstić information content (AvgIpc) is 2.38. The number of ketones is 1. The van der Waals surface area contributed by atoms with Crippen molar-refractivity contribution in [3.63, 3.8) is 0 Å². The van der Waals surface area contributed by atoms with Crippen LogP contribution in [0.4, 0.5) is 0 Å². The molecule has 0 unspecified atom stereocenters. The second kappa shape index (κ2) is 4.56. The smallest absolute Gasteiger partial charge is 0.251 e. The highest BCUT2D eigenvalue weighted by atomic mass is 16.1. The Hall–Kier alpha value is -1.64. The Morgan fingerprint density at radius 1 is 1.39 bits per heavy atom. The lowest BCUT2D eigenvalue weighted by atomic mass is 9.81. The molecule has 1 N–H and O–H groups in total. The Kier molecular flexibility index (Phi) is 3.24. The predicted octanol–water partition coefficient (Wildman–Crippen LogP) is 2.59. The highest BCUT2D eigenvalue weighted by Crippen LogP contribution is 2.27. The fourth-order valence-electron chi connectivity index (χ4n) is 2.10. The zero-order valence-corrected chi connectivity index (χ0v) is 11.2. The minimum Gasteiger partial charge on any atom is -0.352 e. The minimum atomic E-state index is -0.376. The number of Topliss-reactive ketones (excluding diaryl/α,β-unsaturated/α-hetero) is 1. The number of hydrogen-bond donors (Lipinski definition) is 1. The van der Waals surface area contributed by atoms with Crippen molar-refractivity contribution < 1.29 is 9.59 Å². The van der Waals surface area contributed by atoms with Gasteiger partial charge in [-0.1, -0.05) is 32.9 Å². The molecule has 3 nitrogen and oxygen atoms in total. The SMILES string of the molecule is CCC(C)(C)C(=O)c1ccc2c(c1)C(=O)NCC2. The van der Waals surface area contributed by atoms with Gasteiger partial charge in [-0.3, -0.25) is 9.59 Å². The summed E-state index contributed by atoms with van der Waals surface area (Å²) in [6.45, 7) is 6.56. The van der Waals surface area contributed by atoms with Crippen molar-refractivity contribution in [3.05, 3.63) is 34.9 Å². The van der Waals surface area contributed by atoms with Crippen LogP contribution in [0.2, 0.25) is 0 Å². The lowest BCUT2D eigenvalue weighted by molar-refractivity contribution is 0.0833. The zero-order valence-electron chi connectivity index (χ0n) is 11.2. The molecule has 0 saturated heterocycles. The van der Waals surface area contributed by atoms with E-state index in [0.29, 0.717) is 17.7 Å². The van der Waals surface area contributed by atoms with Crippen LogP contribution < -0.4 is 5.32 Å². The summed E-state index contributed by atoms with van der Waals surface area (Å²) in [5, 5.41) is 2.81. The van der Waals surface area contributed by atoms with Gasteiger partial charge in [0.2, 0.25) is 0 Å². The zero-order chi connectivity index (χ0) is 13.3. The lowest BCUT2D eigenvalue weighted by Crippen LogP contribution is -2.32. The maximum atomic E-state index is 12.4. The first-order valence-electron chi connectivity index (χ1n) is 6.41. The maximum absolute atomic E-state index is 12.4. The van der Waals surface area contributed by atoms with E-state index in [9.17, 15) is 9.59 Å². The Morgan fingerprint density at radius 3 is 2.78 bits per heavy atom. The normalized spacial score (nSPS) is 14.9. The molecular weight excluding hydrogens is 226 g/mol. The van der Waals surface area contributed by atoms with Crippen molar-refractivity contribution in [2.75, 3.05) is 6.54 Å². The van der Waals surface area contributed by atoms with Crippen LogP contribution >= 0.6 is 0 Å². The summed E-state index contributed by atoms with van der Waals surface area (Å²) in [7, 11) is 0. The van der Waals surface area contributed by atoms with Crippen LogP contribution in [-0.2, 0) is 6.42 Å². The van der Waals surface area contributed by atoms with Crippen LogP contribution in [0.3, 0.4) is 0 Å². The first-order chi connectivity index (χ1) is 8.45. The van der Waals surface area contributed by atoms with Gasteiger partial charge in [-0.2, -0.15) is 0 Å². The maximum Gasteiger partial charge on any atom is 0.251 e. The lowest BCUT2D eigenvalue weighted by Gasteiger charge is -2.22. The molecule has 0 radical (unpaired) electrons. The third kappa shape index (κ3) is 2.17. The van der Waals surface area contributed by atoms with Crippen molar-refractivity contribution in [3.8, 4) is 0 Å². The monoisotopic (exact) mass is 245 g/mol. The second-order valence-electron chi connectivity index (χ2n) is 5.44. The van der Waals surface area contributed by atoms with Crippen LogP contribution in [0.25, 0.3) is 0 Å². The highest BCUT2D eigenvalue weighted by molar-refractivity contribution is 6.04. The molecule has 96 valence electrons. The van der Waals surface area contributed by atoms with E-state index in [4.69, 9.17) is 0 Å². The van der Waals surface area contributed by atoms with Crippen molar-refractivity contribution in [1.29, 1.82) is 0 Å². The molecule has 1 aromatic rings. The summed E-state index contributed by atoms with van der Waals surface area (Å²) in [6.07, 6.45) is 1.63. The summed E-state index contributed by atoms with van der Waals surface area (Å²) in [6, 6.07) is 5.49. The molecule has 18 heavy (non-hydrogen) atoms. The molecule has 0 bridgehead atoms. The van der Waals surface area contributed by atoms with E-state index in [0.717, 1.165) is 18.4 Å². The molecule has 1 aliphatic rings. The topological polar surface area (TPSA) is 46.2 Å². The van der Waals surface area contributed by atoms with E-state index >= 15 is 0 Å². The number of carbonyl (C=O) groups is 2. The molecule has 0 aliphatic carbocycles. The summed E-state index contributed by atoms with van der Waals surface area (Å²) >= 11 is 0. The van der Waals surface area contributed by atoms with Gasteiger partial charge in [0.05, 0.1) is 0 Å². The number of hydrogen-bond acceptors (Lipinski definition) is 2. The Bertz CT molecular complexity index is 503. The van der Waals surface area contributed by atoms with Crippen LogP contribution in [0.5, 0.6) is 0 Å². The standard InChI is InChI=1S/C15H19NO2/c1-4-15(2,3)13(17)11-6-5-10-7-8-16-14(18)12(10)9-11/h5-6,9H,4,7-8H2,1-3H3,(H,16,18). The Balaban J connectivity index is 2.40. The van der Waals surface area contributed by atoms with Gasteiger partial charge in [-0.15, -0.1) is 0 Å². The van der Waals surface area contributed by atoms with E-state index < -0.39 is 0 Å². The summed E-state index contributed by atoms with van der Waals surface area (Å²) in [5.41, 5.74) is 1.94. The van der Waals surface area contributed by atoms with Crippen molar-refractivity contribution >= 4 is 11.7 Å². The molecule has 3 heteroatoms. The van der Waals surface area contributed by atoms with Crippen molar-refractivity contribution in [1.82, 2.24) is 5.32 Å². The van der Waals surface area contributed by atoms with Crippen molar-refractivity contribution in [2.24, 2.45) is 5.41 Å². The van der Waals surface area contributed by atoms with E-state index in [1.54, 1.807) is 6.07 Å². The van der Waals surface area contributed by atoms with Gasteiger partial charge in [-0.25, -0.2) is 0 Å². The highest BCUT2D eigenvalue weighted by Gasteiger charge is 2.28. The van der Waals surface area contributed by atoms with E-state index in [1.807, 2.05) is 32.9 Å². The summed E-state index contributed by atoms with van der Waals surface area (Å²) in [4.78, 5) is 24.1. The van der Waals surface area contributed by atoms with Gasteiger partial charge >= 0.3 is 0 Å². The molecule has 0 aromatic heterocycles. The van der Waals surface area contributed by atoms with Crippen LogP contribution in [-0.4, -0.2) is 18.2 Å². The largest absolute Gasteiger partial charge is 0.352 e. The molecule has 1 amide bonds. The van der Waals surface area contributed by atoms with E-state index in [1.165, 1.54) is 0 Å². The van der Waals surface area contributed by atoms with Gasteiger partial charge < -0.3 is 5.32 Å². The first-order valence-corrected chi connectivity index (χ1v) is 6.41. The van der Waals surface area contributed by atoms with Crippen LogP contribution in [0.1, 0.15) is 53.5 Å². The molecule has 0 atom stereocenters. The number of carbonyl (C=O) groups excluding carboxylic acids is 2. The number of nitrogens with one attached hydrogen (secondary N) is 1. The Morgan fingerprint density at radius 2 is 2.11 bits per heavy atom. The van der Waals surface area contributed by atoms with Gasteiger partial charge in [0.15, 0.2) is 5.78 Å². The molecule has 1 aliphatic heterocycles. The average molecular weight is 245 g/mol. The predicted molar refractivity (Wildman–Crippen MR) is 70.9 cm³/mol. The molecule has 1 heterocycles. The summed E-state index contributed by atoms with van der Waals surface area (Å²) in [5.74, 6) is 0.0337. The first kappa shape index (κ1) is 12.8. The van der Waals surface area contributed by atoms with Crippen LogP contribution in [0, 0.1) is 5.41 Å². The summed E-state index contributed by atoms with van der Waals surface area (Å²) < 4.78 is 0. The number of amides is 1. The van der Waals surface area contributed by atoms with Gasteiger partial charge in [0.1, 0.15) is 0 Å². The van der Waals surface area contributed by atoms with Crippen LogP contribution in [0.15, 0.2) is 18.2 Å². The third-order valence-corrected chi connectivity index (χ3v) is 3.80. The molecule has 1 aromatic carbocycles. The number of fused-ring (bicyclic) bond motifs is 1. The van der Waals surface area contributed by atoms with Gasteiger partial charge in [0.25, 0.3) is 5.91 Å². The fraction of sp³-hybridized carbons (Fsp3) is 0.467. The van der Waals surface area contributed by atoms with E-state index in [-0.39, 0.29) is 17.1 Å². The van der Waals surface area contributed by atoms with Gasteiger partial charge in [-0.05, 0) is 24.5 Å².